The number of aliphatic hydroxyl groups is 1. The molecule has 0 aromatic carbocycles. The minimum Gasteiger partial charge on any atom is -0.394 e. The van der Waals surface area contributed by atoms with Crippen molar-refractivity contribution in [2.75, 3.05) is 26.4 Å². The summed E-state index contributed by atoms with van der Waals surface area (Å²) in [5.74, 6) is 0. The van der Waals surface area contributed by atoms with Gasteiger partial charge in [-0.05, 0) is 12.8 Å². The second-order valence-corrected chi connectivity index (χ2v) is 4.47. The van der Waals surface area contributed by atoms with E-state index in [2.05, 4.69) is 13.8 Å². The molecule has 0 saturated heterocycles. The fraction of sp³-hybridized carbons (Fsp3) is 1.00. The summed E-state index contributed by atoms with van der Waals surface area (Å²) >= 11 is 0. The van der Waals surface area contributed by atoms with Crippen molar-refractivity contribution in [3.05, 3.63) is 0 Å². The molecule has 0 aromatic rings. The van der Waals surface area contributed by atoms with Crippen molar-refractivity contribution >= 4 is 0 Å². The van der Waals surface area contributed by atoms with Crippen LogP contribution in [0, 0.1) is 0 Å². The summed E-state index contributed by atoms with van der Waals surface area (Å²) in [5.41, 5.74) is 0. The van der Waals surface area contributed by atoms with E-state index in [1.165, 1.54) is 38.5 Å². The van der Waals surface area contributed by atoms with Crippen LogP contribution in [0.4, 0.5) is 0 Å². The van der Waals surface area contributed by atoms with E-state index in [9.17, 15) is 0 Å². The van der Waals surface area contributed by atoms with Crippen LogP contribution in [-0.4, -0.2) is 37.6 Å². The van der Waals surface area contributed by atoms with Crippen molar-refractivity contribution in [1.29, 1.82) is 0 Å². The fourth-order valence-electron chi connectivity index (χ4n) is 1.87. The van der Waals surface area contributed by atoms with Crippen LogP contribution in [-0.2, 0) is 9.47 Å². The van der Waals surface area contributed by atoms with Gasteiger partial charge >= 0.3 is 0 Å². The predicted molar refractivity (Wildman–Crippen MR) is 71.3 cm³/mol. The highest BCUT2D eigenvalue weighted by molar-refractivity contribution is 4.58. The minimum absolute atomic E-state index is 0.0927. The van der Waals surface area contributed by atoms with Crippen LogP contribution in [0.3, 0.4) is 0 Å². The van der Waals surface area contributed by atoms with Gasteiger partial charge in [-0.25, -0.2) is 0 Å². The molecule has 0 spiro atoms. The highest BCUT2D eigenvalue weighted by Crippen LogP contribution is 2.12. The Morgan fingerprint density at radius 3 is 2.35 bits per heavy atom. The van der Waals surface area contributed by atoms with Gasteiger partial charge in [0, 0.05) is 0 Å². The number of rotatable bonds is 13. The third-order valence-electron chi connectivity index (χ3n) is 2.81. The molecule has 0 saturated carbocycles. The molecule has 0 heterocycles. The van der Waals surface area contributed by atoms with E-state index in [1.54, 1.807) is 0 Å². The van der Waals surface area contributed by atoms with Crippen LogP contribution in [0.15, 0.2) is 0 Å². The van der Waals surface area contributed by atoms with Crippen molar-refractivity contribution in [3.63, 3.8) is 0 Å². The van der Waals surface area contributed by atoms with Gasteiger partial charge in [0.05, 0.1) is 32.5 Å². The molecule has 0 bridgehead atoms. The molecule has 0 radical (unpaired) electrons. The molecule has 17 heavy (non-hydrogen) atoms. The van der Waals surface area contributed by atoms with Crippen LogP contribution in [0.2, 0.25) is 0 Å². The van der Waals surface area contributed by atoms with Gasteiger partial charge in [0.2, 0.25) is 0 Å². The second-order valence-electron chi connectivity index (χ2n) is 4.47. The molecule has 0 aliphatic rings. The summed E-state index contributed by atoms with van der Waals surface area (Å²) in [6.07, 6.45) is 9.11. The summed E-state index contributed by atoms with van der Waals surface area (Å²) < 4.78 is 11.0. The summed E-state index contributed by atoms with van der Waals surface area (Å²) in [4.78, 5) is 0. The molecule has 0 rings (SSSR count). The fourth-order valence-corrected chi connectivity index (χ4v) is 1.87. The molecular weight excluding hydrogens is 216 g/mol. The zero-order valence-corrected chi connectivity index (χ0v) is 11.6. The van der Waals surface area contributed by atoms with Crippen molar-refractivity contribution in [2.45, 2.75) is 64.9 Å². The smallest absolute Gasteiger partial charge is 0.0704 e. The van der Waals surface area contributed by atoms with Gasteiger partial charge in [-0.15, -0.1) is 0 Å². The molecule has 104 valence electrons. The lowest BCUT2D eigenvalue weighted by molar-refractivity contribution is -0.00940. The van der Waals surface area contributed by atoms with E-state index in [0.29, 0.717) is 25.9 Å². The maximum absolute atomic E-state index is 8.56. The first-order valence-electron chi connectivity index (χ1n) is 7.15. The summed E-state index contributed by atoms with van der Waals surface area (Å²) in [6, 6.07) is 0. The lowest BCUT2D eigenvalue weighted by Crippen LogP contribution is -2.17. The lowest BCUT2D eigenvalue weighted by Gasteiger charge is -2.17. The van der Waals surface area contributed by atoms with E-state index in [0.717, 1.165) is 6.42 Å². The van der Waals surface area contributed by atoms with Gasteiger partial charge < -0.3 is 14.6 Å². The van der Waals surface area contributed by atoms with E-state index < -0.39 is 0 Å². The van der Waals surface area contributed by atoms with E-state index in [1.807, 2.05) is 0 Å². The topological polar surface area (TPSA) is 38.7 Å². The first-order chi connectivity index (χ1) is 8.35. The van der Waals surface area contributed by atoms with Gasteiger partial charge in [0.25, 0.3) is 0 Å². The van der Waals surface area contributed by atoms with Gasteiger partial charge in [-0.3, -0.25) is 0 Å². The average molecular weight is 246 g/mol. The lowest BCUT2D eigenvalue weighted by atomic mass is 10.1. The first-order valence-corrected chi connectivity index (χ1v) is 7.15. The maximum Gasteiger partial charge on any atom is 0.0704 e. The molecular formula is C14H30O3. The molecule has 1 unspecified atom stereocenters. The third kappa shape index (κ3) is 12.1. The molecule has 0 aliphatic heterocycles. The molecule has 1 N–H and O–H groups in total. The quantitative estimate of drug-likeness (QED) is 0.507. The Kier molecular flexibility index (Phi) is 13.8. The van der Waals surface area contributed by atoms with Gasteiger partial charge in [0.15, 0.2) is 0 Å². The minimum atomic E-state index is 0.0927. The molecule has 3 nitrogen and oxygen atoms in total. The zero-order chi connectivity index (χ0) is 12.8. The summed E-state index contributed by atoms with van der Waals surface area (Å²) in [6.45, 7) is 6.19. The standard InChI is InChI=1S/C14H30O3/c1-3-5-6-7-9-14(8-4-2)17-13-12-16-11-10-15/h14-15H,3-13H2,1-2H3. The van der Waals surface area contributed by atoms with Crippen LogP contribution in [0.1, 0.15) is 58.8 Å². The Morgan fingerprint density at radius 1 is 0.882 bits per heavy atom. The molecule has 3 heteroatoms. The monoisotopic (exact) mass is 246 g/mol. The highest BCUT2D eigenvalue weighted by Gasteiger charge is 2.07. The molecule has 0 fully saturated rings. The number of hydrogen-bond donors (Lipinski definition) is 1. The largest absolute Gasteiger partial charge is 0.394 e. The van der Waals surface area contributed by atoms with Crippen molar-refractivity contribution in [3.8, 4) is 0 Å². The van der Waals surface area contributed by atoms with E-state index in [-0.39, 0.29) is 6.61 Å². The Hall–Kier alpha value is -0.120. The van der Waals surface area contributed by atoms with Crippen LogP contribution < -0.4 is 0 Å². The zero-order valence-electron chi connectivity index (χ0n) is 11.6. The number of unbranched alkanes of at least 4 members (excludes halogenated alkanes) is 3. The number of ether oxygens (including phenoxy) is 2. The summed E-state index contributed by atoms with van der Waals surface area (Å²) in [5, 5.41) is 8.56. The summed E-state index contributed by atoms with van der Waals surface area (Å²) in [7, 11) is 0. The van der Waals surface area contributed by atoms with Crippen molar-refractivity contribution in [1.82, 2.24) is 0 Å². The Balaban J connectivity index is 3.45. The molecule has 1 atom stereocenters. The van der Waals surface area contributed by atoms with Crippen molar-refractivity contribution in [2.24, 2.45) is 0 Å². The second kappa shape index (κ2) is 13.9. The average Bonchev–Trinajstić information content (AvgIpc) is 2.34. The van der Waals surface area contributed by atoms with E-state index in [4.69, 9.17) is 14.6 Å². The van der Waals surface area contributed by atoms with Gasteiger partial charge in [-0.2, -0.15) is 0 Å². The van der Waals surface area contributed by atoms with Gasteiger partial charge in [0.1, 0.15) is 0 Å². The van der Waals surface area contributed by atoms with Crippen molar-refractivity contribution < 1.29 is 14.6 Å². The maximum atomic E-state index is 8.56. The Bertz CT molecular complexity index is 139. The molecule has 0 amide bonds. The molecule has 0 aliphatic carbocycles. The number of aliphatic hydroxyl groups excluding tert-OH is 1. The van der Waals surface area contributed by atoms with Crippen LogP contribution in [0.5, 0.6) is 0 Å². The van der Waals surface area contributed by atoms with E-state index >= 15 is 0 Å². The Labute approximate surface area is 107 Å². The normalized spacial score (nSPS) is 12.9. The SMILES string of the molecule is CCCCCCC(CCC)OCCOCCO. The number of hydrogen-bond acceptors (Lipinski definition) is 3. The van der Waals surface area contributed by atoms with Crippen LogP contribution >= 0.6 is 0 Å². The predicted octanol–water partition coefficient (Wildman–Crippen LogP) is 3.15. The Morgan fingerprint density at radius 2 is 1.71 bits per heavy atom. The van der Waals surface area contributed by atoms with Crippen LogP contribution in [0.25, 0.3) is 0 Å². The van der Waals surface area contributed by atoms with Gasteiger partial charge in [-0.1, -0.05) is 46.0 Å². The first kappa shape index (κ1) is 16.9. The third-order valence-corrected chi connectivity index (χ3v) is 2.81. The molecule has 0 aromatic heterocycles. The highest BCUT2D eigenvalue weighted by atomic mass is 16.5.